The summed E-state index contributed by atoms with van der Waals surface area (Å²) in [5, 5.41) is 0. The summed E-state index contributed by atoms with van der Waals surface area (Å²) >= 11 is 0. The number of rotatable bonds is 27. The fourth-order valence-electron chi connectivity index (χ4n) is 14.9. The third-order valence-corrected chi connectivity index (χ3v) is 20.2. The van der Waals surface area contributed by atoms with E-state index in [9.17, 15) is 0 Å². The summed E-state index contributed by atoms with van der Waals surface area (Å²) in [6.45, 7) is 57.1. The maximum Gasteiger partial charge on any atom is 0.00957 e. The molecule has 8 aliphatic rings. The van der Waals surface area contributed by atoms with Crippen molar-refractivity contribution < 1.29 is 0 Å². The van der Waals surface area contributed by atoms with Crippen molar-refractivity contribution in [2.75, 3.05) is 111 Å². The zero-order chi connectivity index (χ0) is 60.4. The molecule has 0 aliphatic carbocycles. The van der Waals surface area contributed by atoms with Gasteiger partial charge in [-0.15, -0.1) is 0 Å². The molecule has 8 heterocycles. The van der Waals surface area contributed by atoms with E-state index in [0.29, 0.717) is 0 Å². The van der Waals surface area contributed by atoms with Crippen LogP contribution in [0.4, 0.5) is 0 Å². The van der Waals surface area contributed by atoms with Crippen molar-refractivity contribution in [3.05, 3.63) is 0 Å². The topological polar surface area (TPSA) is 25.9 Å². The molecule has 8 saturated heterocycles. The predicted octanol–water partition coefficient (Wildman–Crippen LogP) is 18.9. The van der Waals surface area contributed by atoms with Crippen LogP contribution in [0.3, 0.4) is 0 Å². The second-order valence-corrected chi connectivity index (χ2v) is 26.9. The maximum absolute atomic E-state index is 2.72. The highest BCUT2D eigenvalue weighted by atomic mass is 15.2. The van der Waals surface area contributed by atoms with E-state index in [1.165, 1.54) is 336 Å². The molecule has 0 aromatic rings. The molecule has 8 heteroatoms. The lowest BCUT2D eigenvalue weighted by atomic mass is 10.1. The zero-order valence-corrected chi connectivity index (χ0v) is 59.4. The minimum atomic E-state index is 0.866. The molecule has 0 bridgehead atoms. The first kappa shape index (κ1) is 79.7. The first-order chi connectivity index (χ1) is 40.0. The molecule has 0 radical (unpaired) electrons. The number of hydrogen-bond acceptors (Lipinski definition) is 8. The summed E-state index contributed by atoms with van der Waals surface area (Å²) in [7, 11) is 0. The zero-order valence-electron chi connectivity index (χ0n) is 59.4. The molecule has 7 atom stereocenters. The summed E-state index contributed by atoms with van der Waals surface area (Å²) in [6, 6.07) is 6.35. The second-order valence-electron chi connectivity index (χ2n) is 26.9. The Morgan fingerprint density at radius 3 is 0.915 bits per heavy atom. The van der Waals surface area contributed by atoms with E-state index >= 15 is 0 Å². The SMILES string of the molecule is CCC1CCCN1CC.CCCC1CCCN1CCC.CCCCC1CCCN1CCCC.CCCCN1CCCC1.CCCCN1CCCC1C.CCCCN1CCCC1CC.CCCN1CCCC1C.CCCN1CCCC1CC. The van der Waals surface area contributed by atoms with Crippen molar-refractivity contribution >= 4 is 0 Å². The van der Waals surface area contributed by atoms with E-state index in [1.54, 1.807) is 0 Å². The molecular weight excluding hydrogens is 1000 g/mol. The third kappa shape index (κ3) is 36.2. The van der Waals surface area contributed by atoms with E-state index in [4.69, 9.17) is 0 Å². The van der Waals surface area contributed by atoms with E-state index in [1.807, 2.05) is 0 Å². The van der Waals surface area contributed by atoms with Gasteiger partial charge in [-0.2, -0.15) is 0 Å². The quantitative estimate of drug-likeness (QED) is 0.0803. The van der Waals surface area contributed by atoms with Gasteiger partial charge in [-0.25, -0.2) is 0 Å². The Balaban J connectivity index is 0.000000470. The Morgan fingerprint density at radius 1 is 0.244 bits per heavy atom. The fraction of sp³-hybridized carbons (Fsp3) is 1.00. The molecule has 0 amide bonds. The first-order valence-corrected chi connectivity index (χ1v) is 37.9. The van der Waals surface area contributed by atoms with Gasteiger partial charge in [-0.1, -0.05) is 135 Å². The highest BCUT2D eigenvalue weighted by Gasteiger charge is 2.26. The van der Waals surface area contributed by atoms with Gasteiger partial charge >= 0.3 is 0 Å². The maximum atomic E-state index is 2.72. The van der Waals surface area contributed by atoms with Crippen LogP contribution >= 0.6 is 0 Å². The van der Waals surface area contributed by atoms with Crippen molar-refractivity contribution in [1.82, 2.24) is 39.2 Å². The van der Waals surface area contributed by atoms with Crippen molar-refractivity contribution in [2.24, 2.45) is 0 Å². The van der Waals surface area contributed by atoms with Gasteiger partial charge in [0.1, 0.15) is 0 Å². The van der Waals surface area contributed by atoms with E-state index < -0.39 is 0 Å². The van der Waals surface area contributed by atoms with E-state index in [2.05, 4.69) is 143 Å². The molecular formula is C74H156N8. The number of nitrogens with zero attached hydrogens (tertiary/aromatic N) is 8. The lowest BCUT2D eigenvalue weighted by Crippen LogP contribution is -2.30. The largest absolute Gasteiger partial charge is 0.303 e. The minimum absolute atomic E-state index is 0.866. The summed E-state index contributed by atoms with van der Waals surface area (Å²) in [4.78, 5) is 21.1. The average molecular weight is 1160 g/mol. The molecule has 0 N–H and O–H groups in total. The predicted molar refractivity (Wildman–Crippen MR) is 371 cm³/mol. The van der Waals surface area contributed by atoms with Crippen LogP contribution in [0.2, 0.25) is 0 Å². The number of unbranched alkanes of at least 4 members (excludes halogenated alkanes) is 5. The standard InChI is InChI=1S/C12H25N.2C10H21N.2C9H19N.3C8H17N/c1-3-5-8-12-9-7-11-13(12)10-6-4-2;1-3-6-10-7-5-9-11(10)8-4-2;1-3-5-8-11-9-6-7-10(11)4-2;1-3-4-7-10-8-5-6-9(10)2;1-3-7-10-8-5-6-9(10)4-2;1-3-6-9-7-4-5-8(9)2;1-3-8-6-5-7-9(8)4-2;1-2-3-6-9-7-4-5-8-9/h12H,3-11H2,1-2H3;2*10H,3-9H2,1-2H3;2*9H,3-8H2,1-2H3;2*8H,3-7H2,1-2H3;2-8H2,1H3. The van der Waals surface area contributed by atoms with Crippen LogP contribution in [0.25, 0.3) is 0 Å². The Morgan fingerprint density at radius 2 is 0.549 bits per heavy atom. The van der Waals surface area contributed by atoms with Gasteiger partial charge in [0.15, 0.2) is 0 Å². The molecule has 8 nitrogen and oxygen atoms in total. The highest BCUT2D eigenvalue weighted by molar-refractivity contribution is 4.82. The van der Waals surface area contributed by atoms with Gasteiger partial charge in [0.2, 0.25) is 0 Å². The first-order valence-electron chi connectivity index (χ1n) is 37.9. The van der Waals surface area contributed by atoms with E-state index in [-0.39, 0.29) is 0 Å². The summed E-state index contributed by atoms with van der Waals surface area (Å²) in [5.41, 5.74) is 0. The van der Waals surface area contributed by atoms with Crippen LogP contribution in [-0.4, -0.2) is 193 Å². The monoisotopic (exact) mass is 1160 g/mol. The highest BCUT2D eigenvalue weighted by Crippen LogP contribution is 2.25. The molecule has 8 rings (SSSR count). The van der Waals surface area contributed by atoms with Crippen molar-refractivity contribution in [3.63, 3.8) is 0 Å². The molecule has 82 heavy (non-hydrogen) atoms. The average Bonchev–Trinajstić information content (AvgIpc) is 4.36. The van der Waals surface area contributed by atoms with Gasteiger partial charge in [-0.3, -0.25) is 0 Å². The normalized spacial score (nSPS) is 26.3. The summed E-state index contributed by atoms with van der Waals surface area (Å²) < 4.78 is 0. The van der Waals surface area contributed by atoms with Crippen LogP contribution in [0, 0.1) is 0 Å². The number of likely N-dealkylation sites (tertiary alicyclic amines) is 8. The van der Waals surface area contributed by atoms with Gasteiger partial charge in [0.25, 0.3) is 0 Å². The smallest absolute Gasteiger partial charge is 0.00957 e. The van der Waals surface area contributed by atoms with Gasteiger partial charge in [0.05, 0.1) is 0 Å². The van der Waals surface area contributed by atoms with Crippen LogP contribution in [0.15, 0.2) is 0 Å². The van der Waals surface area contributed by atoms with E-state index in [0.717, 1.165) is 42.3 Å². The van der Waals surface area contributed by atoms with Crippen LogP contribution in [-0.2, 0) is 0 Å². The van der Waals surface area contributed by atoms with Crippen LogP contribution in [0.5, 0.6) is 0 Å². The lowest BCUT2D eigenvalue weighted by molar-refractivity contribution is 0.236. The van der Waals surface area contributed by atoms with Crippen molar-refractivity contribution in [3.8, 4) is 0 Å². The molecule has 0 aromatic heterocycles. The van der Waals surface area contributed by atoms with Crippen molar-refractivity contribution in [2.45, 2.75) is 371 Å². The minimum Gasteiger partial charge on any atom is -0.303 e. The molecule has 0 aromatic carbocycles. The summed E-state index contributed by atoms with van der Waals surface area (Å²) in [5.74, 6) is 0. The molecule has 8 fully saturated rings. The van der Waals surface area contributed by atoms with Gasteiger partial charge < -0.3 is 39.2 Å². The van der Waals surface area contributed by atoms with Gasteiger partial charge in [0, 0.05) is 42.3 Å². The van der Waals surface area contributed by atoms with Gasteiger partial charge in [-0.05, 0) is 305 Å². The Hall–Kier alpha value is -0.320. The number of hydrogen-bond donors (Lipinski definition) is 0. The second kappa shape index (κ2) is 54.8. The van der Waals surface area contributed by atoms with Crippen LogP contribution < -0.4 is 0 Å². The Labute approximate surface area is 518 Å². The summed E-state index contributed by atoms with van der Waals surface area (Å²) in [6.07, 6.45) is 48.8. The Bertz CT molecular complexity index is 1280. The lowest BCUT2D eigenvalue weighted by Gasteiger charge is -2.23. The van der Waals surface area contributed by atoms with Crippen LogP contribution in [0.1, 0.15) is 329 Å². The molecule has 0 saturated carbocycles. The third-order valence-electron chi connectivity index (χ3n) is 20.2. The molecule has 492 valence electrons. The molecule has 0 spiro atoms. The molecule has 8 aliphatic heterocycles. The molecule has 7 unspecified atom stereocenters. The van der Waals surface area contributed by atoms with Crippen molar-refractivity contribution in [1.29, 1.82) is 0 Å². The fourth-order valence-corrected chi connectivity index (χ4v) is 14.9. The Kier molecular flexibility index (Phi) is 53.3.